The first-order valence-electron chi connectivity index (χ1n) is 9.09. The van der Waals surface area contributed by atoms with E-state index in [0.717, 1.165) is 62.4 Å². The van der Waals surface area contributed by atoms with Crippen molar-refractivity contribution >= 4 is 23.0 Å². The normalized spacial score (nSPS) is 16.0. The lowest BCUT2D eigenvalue weighted by Crippen LogP contribution is -2.40. The van der Waals surface area contributed by atoms with Crippen molar-refractivity contribution in [2.75, 3.05) is 24.5 Å². The minimum Gasteiger partial charge on any atom is -0.423 e. The van der Waals surface area contributed by atoms with Gasteiger partial charge in [-0.3, -0.25) is 4.79 Å². The molecule has 0 radical (unpaired) electrons. The SMILES string of the molecule is CCC(CC)C(=O)NCC1CCN(c2nc3ccccc3o2)CC1. The highest BCUT2D eigenvalue weighted by molar-refractivity contribution is 5.78. The maximum atomic E-state index is 12.1. The molecule has 1 aromatic heterocycles. The lowest BCUT2D eigenvalue weighted by Gasteiger charge is -2.31. The Bertz CT molecular complexity index is 637. The van der Waals surface area contributed by atoms with Gasteiger partial charge in [-0.2, -0.15) is 4.98 Å². The molecule has 0 bridgehead atoms. The van der Waals surface area contributed by atoms with Gasteiger partial charge in [0.05, 0.1) is 0 Å². The molecule has 0 aliphatic carbocycles. The van der Waals surface area contributed by atoms with Gasteiger partial charge in [-0.15, -0.1) is 0 Å². The average Bonchev–Trinajstić information content (AvgIpc) is 3.05. The molecule has 130 valence electrons. The number of carbonyl (C=O) groups excluding carboxylic acids is 1. The van der Waals surface area contributed by atoms with Crippen LogP contribution in [-0.4, -0.2) is 30.5 Å². The first kappa shape index (κ1) is 16.8. The van der Waals surface area contributed by atoms with Gasteiger partial charge in [-0.05, 0) is 43.7 Å². The van der Waals surface area contributed by atoms with Crippen LogP contribution >= 0.6 is 0 Å². The van der Waals surface area contributed by atoms with Crippen LogP contribution in [0.15, 0.2) is 28.7 Å². The third-order valence-corrected chi connectivity index (χ3v) is 5.09. The molecule has 5 nitrogen and oxygen atoms in total. The Morgan fingerprint density at radius 3 is 2.67 bits per heavy atom. The molecule has 1 fully saturated rings. The average molecular weight is 329 g/mol. The highest BCUT2D eigenvalue weighted by Gasteiger charge is 2.23. The lowest BCUT2D eigenvalue weighted by atomic mass is 9.96. The highest BCUT2D eigenvalue weighted by Crippen LogP contribution is 2.26. The molecule has 1 aliphatic heterocycles. The lowest BCUT2D eigenvalue weighted by molar-refractivity contribution is -0.125. The zero-order valence-corrected chi connectivity index (χ0v) is 14.6. The number of carbonyl (C=O) groups is 1. The van der Waals surface area contributed by atoms with E-state index in [0.29, 0.717) is 5.92 Å². The van der Waals surface area contributed by atoms with E-state index in [4.69, 9.17) is 4.42 Å². The summed E-state index contributed by atoms with van der Waals surface area (Å²) in [5.41, 5.74) is 1.75. The number of benzene rings is 1. The smallest absolute Gasteiger partial charge is 0.298 e. The Kier molecular flexibility index (Phi) is 5.38. The largest absolute Gasteiger partial charge is 0.423 e. The Hall–Kier alpha value is -2.04. The number of oxazole rings is 1. The van der Waals surface area contributed by atoms with Gasteiger partial charge >= 0.3 is 0 Å². The quantitative estimate of drug-likeness (QED) is 0.880. The fourth-order valence-corrected chi connectivity index (χ4v) is 3.37. The summed E-state index contributed by atoms with van der Waals surface area (Å²) in [6, 6.07) is 8.58. The van der Waals surface area contributed by atoms with Crippen molar-refractivity contribution in [1.29, 1.82) is 0 Å². The number of amides is 1. The maximum absolute atomic E-state index is 12.1. The molecule has 1 amide bonds. The maximum Gasteiger partial charge on any atom is 0.298 e. The predicted molar refractivity (Wildman–Crippen MR) is 96.0 cm³/mol. The van der Waals surface area contributed by atoms with E-state index >= 15 is 0 Å². The Labute approximate surface area is 143 Å². The number of rotatable bonds is 6. The number of nitrogens with zero attached hydrogens (tertiary/aromatic N) is 2. The number of fused-ring (bicyclic) bond motifs is 1. The van der Waals surface area contributed by atoms with E-state index in [1.807, 2.05) is 24.3 Å². The molecule has 24 heavy (non-hydrogen) atoms. The van der Waals surface area contributed by atoms with Crippen LogP contribution in [0, 0.1) is 11.8 Å². The van der Waals surface area contributed by atoms with E-state index < -0.39 is 0 Å². The number of para-hydroxylation sites is 2. The van der Waals surface area contributed by atoms with E-state index in [1.165, 1.54) is 0 Å². The molecule has 2 heterocycles. The van der Waals surface area contributed by atoms with Crippen LogP contribution < -0.4 is 10.2 Å². The first-order chi connectivity index (χ1) is 11.7. The van der Waals surface area contributed by atoms with Crippen molar-refractivity contribution in [3.8, 4) is 0 Å². The van der Waals surface area contributed by atoms with Gasteiger partial charge in [0.1, 0.15) is 5.52 Å². The van der Waals surface area contributed by atoms with Crippen LogP contribution in [0.5, 0.6) is 0 Å². The Balaban J connectivity index is 1.49. The van der Waals surface area contributed by atoms with Crippen LogP contribution in [0.1, 0.15) is 39.5 Å². The van der Waals surface area contributed by atoms with Gasteiger partial charge in [-0.25, -0.2) is 0 Å². The molecule has 5 heteroatoms. The summed E-state index contributed by atoms with van der Waals surface area (Å²) in [5, 5.41) is 3.13. The van der Waals surface area contributed by atoms with Crippen molar-refractivity contribution in [2.24, 2.45) is 11.8 Å². The summed E-state index contributed by atoms with van der Waals surface area (Å²) in [6.07, 6.45) is 3.95. The Morgan fingerprint density at radius 1 is 1.29 bits per heavy atom. The van der Waals surface area contributed by atoms with Crippen LogP contribution in [0.25, 0.3) is 11.1 Å². The molecular formula is C19H27N3O2. The van der Waals surface area contributed by atoms with E-state index in [9.17, 15) is 4.79 Å². The molecular weight excluding hydrogens is 302 g/mol. The predicted octanol–water partition coefficient (Wildman–Crippen LogP) is 3.60. The molecule has 1 aromatic carbocycles. The third-order valence-electron chi connectivity index (χ3n) is 5.09. The third kappa shape index (κ3) is 3.71. The monoisotopic (exact) mass is 329 g/mol. The number of piperidine rings is 1. The van der Waals surface area contributed by atoms with Crippen molar-refractivity contribution in [3.05, 3.63) is 24.3 Å². The standard InChI is InChI=1S/C19H27N3O2/c1-3-15(4-2)18(23)20-13-14-9-11-22(12-10-14)19-21-16-7-5-6-8-17(16)24-19/h5-8,14-15H,3-4,9-13H2,1-2H3,(H,20,23). The molecule has 1 saturated heterocycles. The molecule has 1 aliphatic rings. The molecule has 0 unspecified atom stereocenters. The molecule has 0 atom stereocenters. The summed E-state index contributed by atoms with van der Waals surface area (Å²) in [4.78, 5) is 18.9. The zero-order chi connectivity index (χ0) is 16.9. The van der Waals surface area contributed by atoms with E-state index in [2.05, 4.69) is 29.0 Å². The number of aromatic nitrogens is 1. The van der Waals surface area contributed by atoms with E-state index in [-0.39, 0.29) is 11.8 Å². The van der Waals surface area contributed by atoms with Crippen LogP contribution in [0.4, 0.5) is 6.01 Å². The van der Waals surface area contributed by atoms with Crippen LogP contribution in [0.2, 0.25) is 0 Å². The number of nitrogens with one attached hydrogen (secondary N) is 1. The second-order valence-electron chi connectivity index (χ2n) is 6.65. The van der Waals surface area contributed by atoms with Gasteiger partial charge in [0.15, 0.2) is 5.58 Å². The fourth-order valence-electron chi connectivity index (χ4n) is 3.37. The van der Waals surface area contributed by atoms with Gasteiger partial charge in [0.2, 0.25) is 5.91 Å². The summed E-state index contributed by atoms with van der Waals surface area (Å²) < 4.78 is 5.85. The molecule has 0 spiro atoms. The van der Waals surface area contributed by atoms with Gasteiger partial charge < -0.3 is 14.6 Å². The second-order valence-corrected chi connectivity index (χ2v) is 6.65. The van der Waals surface area contributed by atoms with Crippen molar-refractivity contribution in [1.82, 2.24) is 10.3 Å². The summed E-state index contributed by atoms with van der Waals surface area (Å²) in [7, 11) is 0. The topological polar surface area (TPSA) is 58.4 Å². The fraction of sp³-hybridized carbons (Fsp3) is 0.579. The molecule has 2 aromatic rings. The van der Waals surface area contributed by atoms with Crippen molar-refractivity contribution < 1.29 is 9.21 Å². The molecule has 3 rings (SSSR count). The van der Waals surface area contributed by atoms with Crippen molar-refractivity contribution in [3.63, 3.8) is 0 Å². The van der Waals surface area contributed by atoms with Crippen molar-refractivity contribution in [2.45, 2.75) is 39.5 Å². The van der Waals surface area contributed by atoms with E-state index in [1.54, 1.807) is 0 Å². The zero-order valence-electron chi connectivity index (χ0n) is 14.6. The second kappa shape index (κ2) is 7.69. The molecule has 1 N–H and O–H groups in total. The minimum atomic E-state index is 0.157. The minimum absolute atomic E-state index is 0.157. The van der Waals surface area contributed by atoms with Gasteiger partial charge in [0, 0.05) is 25.6 Å². The van der Waals surface area contributed by atoms with Gasteiger partial charge in [0.25, 0.3) is 6.01 Å². The number of anilines is 1. The number of hydrogen-bond acceptors (Lipinski definition) is 4. The summed E-state index contributed by atoms with van der Waals surface area (Å²) >= 11 is 0. The van der Waals surface area contributed by atoms with Crippen LogP contribution in [-0.2, 0) is 4.79 Å². The first-order valence-corrected chi connectivity index (χ1v) is 9.09. The van der Waals surface area contributed by atoms with Crippen LogP contribution in [0.3, 0.4) is 0 Å². The molecule has 0 saturated carbocycles. The van der Waals surface area contributed by atoms with Gasteiger partial charge in [-0.1, -0.05) is 26.0 Å². The Morgan fingerprint density at radius 2 is 2.00 bits per heavy atom. The summed E-state index contributed by atoms with van der Waals surface area (Å²) in [5.74, 6) is 0.912. The number of hydrogen-bond donors (Lipinski definition) is 1. The highest BCUT2D eigenvalue weighted by atomic mass is 16.4. The summed E-state index contributed by atoms with van der Waals surface area (Å²) in [6.45, 7) is 6.80.